The van der Waals surface area contributed by atoms with Crippen molar-refractivity contribution in [2.75, 3.05) is 12.4 Å². The van der Waals surface area contributed by atoms with Crippen LogP contribution in [0.5, 0.6) is 5.75 Å². The Morgan fingerprint density at radius 3 is 2.34 bits per heavy atom. The summed E-state index contributed by atoms with van der Waals surface area (Å²) < 4.78 is 5.44. The number of rotatable bonds is 4. The van der Waals surface area contributed by atoms with Crippen LogP contribution in [-0.2, 0) is 12.0 Å². The fraction of sp³-hybridized carbons (Fsp3) is 0.240. The molecule has 4 rings (SSSR count). The van der Waals surface area contributed by atoms with Crippen LogP contribution in [-0.4, -0.2) is 12.1 Å². The topological polar surface area (TPSA) is 34.1 Å². The molecule has 4 heteroatoms. The van der Waals surface area contributed by atoms with Gasteiger partial charge in [0.2, 0.25) is 0 Å². The van der Waals surface area contributed by atoms with Crippen LogP contribution < -0.4 is 10.1 Å². The molecular weight excluding hydrogens is 380 g/mol. The average Bonchev–Trinajstić information content (AvgIpc) is 2.70. The predicted molar refractivity (Wildman–Crippen MR) is 123 cm³/mol. The maximum atomic E-state index is 6.21. The SMILES string of the molecule is COc1ccc2nc3cc(Cl)ccc3c(NCc3ccc(C(C)(C)C)cc3)c2c1. The number of anilines is 1. The maximum absolute atomic E-state index is 6.21. The van der Waals surface area contributed by atoms with Crippen molar-refractivity contribution in [1.82, 2.24) is 4.98 Å². The van der Waals surface area contributed by atoms with Crippen molar-refractivity contribution in [3.63, 3.8) is 0 Å². The lowest BCUT2D eigenvalue weighted by molar-refractivity contribution is 0.415. The molecule has 3 nitrogen and oxygen atoms in total. The van der Waals surface area contributed by atoms with Gasteiger partial charge in [-0.15, -0.1) is 0 Å². The second-order valence-corrected chi connectivity index (χ2v) is 8.77. The van der Waals surface area contributed by atoms with Crippen LogP contribution in [0.2, 0.25) is 5.02 Å². The van der Waals surface area contributed by atoms with E-state index < -0.39 is 0 Å². The summed E-state index contributed by atoms with van der Waals surface area (Å²) >= 11 is 6.21. The van der Waals surface area contributed by atoms with Crippen LogP contribution >= 0.6 is 11.6 Å². The number of halogens is 1. The number of nitrogens with zero attached hydrogens (tertiary/aromatic N) is 1. The number of hydrogen-bond donors (Lipinski definition) is 1. The predicted octanol–water partition coefficient (Wildman–Crippen LogP) is 6.96. The molecule has 0 saturated carbocycles. The van der Waals surface area contributed by atoms with Gasteiger partial charge in [0, 0.05) is 22.3 Å². The lowest BCUT2D eigenvalue weighted by Gasteiger charge is -2.19. The molecule has 29 heavy (non-hydrogen) atoms. The van der Waals surface area contributed by atoms with E-state index in [1.54, 1.807) is 7.11 Å². The molecule has 0 bridgehead atoms. The first-order chi connectivity index (χ1) is 13.8. The summed E-state index contributed by atoms with van der Waals surface area (Å²) in [4.78, 5) is 4.79. The molecule has 0 aliphatic heterocycles. The van der Waals surface area contributed by atoms with E-state index >= 15 is 0 Å². The van der Waals surface area contributed by atoms with Gasteiger partial charge in [0.05, 0.1) is 23.8 Å². The molecule has 0 unspecified atom stereocenters. The first-order valence-corrected chi connectivity index (χ1v) is 10.1. The zero-order chi connectivity index (χ0) is 20.6. The summed E-state index contributed by atoms with van der Waals surface area (Å²) in [5.74, 6) is 0.810. The van der Waals surface area contributed by atoms with Gasteiger partial charge in [0.1, 0.15) is 5.75 Å². The third-order valence-electron chi connectivity index (χ3n) is 5.23. The molecule has 0 fully saturated rings. The Morgan fingerprint density at radius 1 is 0.897 bits per heavy atom. The molecule has 3 aromatic carbocycles. The maximum Gasteiger partial charge on any atom is 0.119 e. The normalized spacial score (nSPS) is 11.8. The van der Waals surface area contributed by atoms with Crippen molar-refractivity contribution in [2.24, 2.45) is 0 Å². The molecule has 148 valence electrons. The van der Waals surface area contributed by atoms with Crippen LogP contribution in [0.3, 0.4) is 0 Å². The molecule has 1 heterocycles. The number of nitrogens with one attached hydrogen (secondary N) is 1. The molecule has 0 amide bonds. The molecule has 0 radical (unpaired) electrons. The Morgan fingerprint density at radius 2 is 1.66 bits per heavy atom. The zero-order valence-corrected chi connectivity index (χ0v) is 18.0. The fourth-order valence-corrected chi connectivity index (χ4v) is 3.69. The van der Waals surface area contributed by atoms with Crippen molar-refractivity contribution in [2.45, 2.75) is 32.7 Å². The van der Waals surface area contributed by atoms with Crippen LogP contribution in [0, 0.1) is 0 Å². The summed E-state index contributed by atoms with van der Waals surface area (Å²) in [6.45, 7) is 7.41. The Balaban J connectivity index is 1.76. The molecule has 1 aromatic heterocycles. The Hall–Kier alpha value is -2.78. The van der Waals surface area contributed by atoms with Gasteiger partial charge in [-0.25, -0.2) is 4.98 Å². The van der Waals surface area contributed by atoms with Crippen LogP contribution in [0.15, 0.2) is 60.7 Å². The number of hydrogen-bond acceptors (Lipinski definition) is 3. The van der Waals surface area contributed by atoms with Crippen molar-refractivity contribution in [3.05, 3.63) is 76.8 Å². The molecule has 0 aliphatic rings. The van der Waals surface area contributed by atoms with E-state index in [0.29, 0.717) is 5.02 Å². The second-order valence-electron chi connectivity index (χ2n) is 8.33. The number of aromatic nitrogens is 1. The van der Waals surface area contributed by atoms with E-state index in [0.717, 1.165) is 39.8 Å². The van der Waals surface area contributed by atoms with Gasteiger partial charge in [-0.3, -0.25) is 0 Å². The highest BCUT2D eigenvalue weighted by atomic mass is 35.5. The lowest BCUT2D eigenvalue weighted by Crippen LogP contribution is -2.11. The number of fused-ring (bicyclic) bond motifs is 2. The quantitative estimate of drug-likeness (QED) is 0.373. The summed E-state index contributed by atoms with van der Waals surface area (Å²) in [5.41, 5.74) is 5.54. The van der Waals surface area contributed by atoms with Crippen molar-refractivity contribution in [3.8, 4) is 5.75 Å². The third-order valence-corrected chi connectivity index (χ3v) is 5.47. The standard InChI is InChI=1S/C25H25ClN2O/c1-25(2,3)17-7-5-16(6-8-17)15-27-24-20-11-9-18(26)13-23(20)28-22-12-10-19(29-4)14-21(22)24/h5-14H,15H2,1-4H3,(H,27,28). The van der Waals surface area contributed by atoms with Crippen molar-refractivity contribution < 1.29 is 4.74 Å². The first-order valence-electron chi connectivity index (χ1n) is 9.75. The average molecular weight is 405 g/mol. The van der Waals surface area contributed by atoms with E-state index in [-0.39, 0.29) is 5.41 Å². The summed E-state index contributed by atoms with van der Waals surface area (Å²) in [6, 6.07) is 20.6. The van der Waals surface area contributed by atoms with Crippen LogP contribution in [0.4, 0.5) is 5.69 Å². The first kappa shape index (κ1) is 19.5. The number of methoxy groups -OCH3 is 1. The van der Waals surface area contributed by atoms with E-state index in [2.05, 4.69) is 50.4 Å². The molecular formula is C25H25ClN2O. The number of ether oxygens (including phenoxy) is 1. The molecule has 4 aromatic rings. The lowest BCUT2D eigenvalue weighted by atomic mass is 9.87. The van der Waals surface area contributed by atoms with Crippen LogP contribution in [0.25, 0.3) is 21.8 Å². The van der Waals surface area contributed by atoms with Gasteiger partial charge in [-0.05, 0) is 52.9 Å². The largest absolute Gasteiger partial charge is 0.497 e. The molecule has 0 atom stereocenters. The van der Waals surface area contributed by atoms with Gasteiger partial charge in [0.15, 0.2) is 0 Å². The van der Waals surface area contributed by atoms with Gasteiger partial charge in [-0.2, -0.15) is 0 Å². The van der Waals surface area contributed by atoms with E-state index in [4.69, 9.17) is 21.3 Å². The van der Waals surface area contributed by atoms with E-state index in [1.165, 1.54) is 11.1 Å². The molecule has 0 aliphatic carbocycles. The second kappa shape index (κ2) is 7.57. The zero-order valence-electron chi connectivity index (χ0n) is 17.2. The third kappa shape index (κ3) is 4.01. The fourth-order valence-electron chi connectivity index (χ4n) is 3.53. The van der Waals surface area contributed by atoms with Gasteiger partial charge < -0.3 is 10.1 Å². The van der Waals surface area contributed by atoms with Gasteiger partial charge in [0.25, 0.3) is 0 Å². The number of benzene rings is 3. The Bertz CT molecular complexity index is 1180. The Labute approximate surface area is 176 Å². The van der Waals surface area contributed by atoms with Gasteiger partial charge >= 0.3 is 0 Å². The summed E-state index contributed by atoms with van der Waals surface area (Å²) in [7, 11) is 1.68. The monoisotopic (exact) mass is 404 g/mol. The van der Waals surface area contributed by atoms with E-state index in [1.807, 2.05) is 36.4 Å². The molecule has 1 N–H and O–H groups in total. The summed E-state index contributed by atoms with van der Waals surface area (Å²) in [6.07, 6.45) is 0. The van der Waals surface area contributed by atoms with Gasteiger partial charge in [-0.1, -0.05) is 56.6 Å². The van der Waals surface area contributed by atoms with Crippen molar-refractivity contribution in [1.29, 1.82) is 0 Å². The van der Waals surface area contributed by atoms with Crippen LogP contribution in [0.1, 0.15) is 31.9 Å². The molecule has 0 saturated heterocycles. The van der Waals surface area contributed by atoms with Crippen molar-refractivity contribution >= 4 is 39.1 Å². The smallest absolute Gasteiger partial charge is 0.119 e. The highest BCUT2D eigenvalue weighted by Gasteiger charge is 2.14. The highest BCUT2D eigenvalue weighted by molar-refractivity contribution is 6.31. The molecule has 0 spiro atoms. The van der Waals surface area contributed by atoms with E-state index in [9.17, 15) is 0 Å². The number of pyridine rings is 1. The summed E-state index contributed by atoms with van der Waals surface area (Å²) in [5, 5.41) is 6.40. The minimum atomic E-state index is 0.152. The minimum absolute atomic E-state index is 0.152. The highest BCUT2D eigenvalue weighted by Crippen LogP contribution is 2.34. The Kier molecular flexibility index (Phi) is 5.10. The minimum Gasteiger partial charge on any atom is -0.497 e.